The normalized spacial score (nSPS) is 18.9. The Morgan fingerprint density at radius 3 is 2.56 bits per heavy atom. The first-order valence-corrected chi connectivity index (χ1v) is 13.9. The first-order chi connectivity index (χ1) is 17.5. The zero-order valence-corrected chi connectivity index (χ0v) is 22.4. The van der Waals surface area contributed by atoms with E-state index in [1.807, 2.05) is 19.2 Å². The Hall–Kier alpha value is -2.67. The van der Waals surface area contributed by atoms with Crippen molar-refractivity contribution in [2.24, 2.45) is 0 Å². The van der Waals surface area contributed by atoms with Crippen molar-refractivity contribution in [1.29, 1.82) is 0 Å². The highest BCUT2D eigenvalue weighted by atomic mass is 32.1. The molecule has 36 heavy (non-hydrogen) atoms. The van der Waals surface area contributed by atoms with Gasteiger partial charge >= 0.3 is 0 Å². The van der Waals surface area contributed by atoms with Crippen molar-refractivity contribution in [2.45, 2.75) is 57.2 Å². The van der Waals surface area contributed by atoms with Crippen LogP contribution < -0.4 is 15.0 Å². The van der Waals surface area contributed by atoms with Crippen LogP contribution in [0.3, 0.4) is 0 Å². The van der Waals surface area contributed by atoms with E-state index in [0.717, 1.165) is 62.4 Å². The number of rotatable bonds is 9. The van der Waals surface area contributed by atoms with E-state index in [1.165, 1.54) is 10.4 Å². The van der Waals surface area contributed by atoms with Gasteiger partial charge in [0.2, 0.25) is 5.91 Å². The number of hydrogen-bond donors (Lipinski definition) is 1. The van der Waals surface area contributed by atoms with Gasteiger partial charge in [-0.05, 0) is 69.4 Å². The van der Waals surface area contributed by atoms with Gasteiger partial charge in [-0.2, -0.15) is 0 Å². The fraction of sp³-hybridized carbons (Fsp3) is 0.433. The Balaban J connectivity index is 1.25. The molecule has 5 nitrogen and oxygen atoms in total. The second-order valence-corrected chi connectivity index (χ2v) is 11.4. The van der Waals surface area contributed by atoms with E-state index in [-0.39, 0.29) is 18.1 Å². The molecule has 1 aromatic heterocycles. The summed E-state index contributed by atoms with van der Waals surface area (Å²) in [6.07, 6.45) is 2.95. The average molecular weight is 504 g/mol. The van der Waals surface area contributed by atoms with Crippen molar-refractivity contribution >= 4 is 22.9 Å². The lowest BCUT2D eigenvalue weighted by molar-refractivity contribution is -0.122. The molecule has 5 rings (SSSR count). The van der Waals surface area contributed by atoms with Crippen molar-refractivity contribution in [3.63, 3.8) is 0 Å². The van der Waals surface area contributed by atoms with Gasteiger partial charge in [0.25, 0.3) is 0 Å². The molecule has 3 aromatic rings. The van der Waals surface area contributed by atoms with Gasteiger partial charge in [0.05, 0.1) is 5.41 Å². The fourth-order valence-corrected chi connectivity index (χ4v) is 6.38. The lowest BCUT2D eigenvalue weighted by atomic mass is 9.86. The molecule has 6 heteroatoms. The van der Waals surface area contributed by atoms with Crippen LogP contribution in [0.25, 0.3) is 0 Å². The van der Waals surface area contributed by atoms with Gasteiger partial charge < -0.3 is 15.0 Å². The van der Waals surface area contributed by atoms with Crippen molar-refractivity contribution in [3.05, 3.63) is 82.0 Å². The molecule has 3 heterocycles. The highest BCUT2D eigenvalue weighted by Gasteiger charge is 2.46. The van der Waals surface area contributed by atoms with Gasteiger partial charge in [-0.3, -0.25) is 9.69 Å². The summed E-state index contributed by atoms with van der Waals surface area (Å²) in [6, 6.07) is 21.3. The molecule has 0 radical (unpaired) electrons. The fourth-order valence-electron chi connectivity index (χ4n) is 5.59. The monoisotopic (exact) mass is 503 g/mol. The number of piperidine rings is 1. The van der Waals surface area contributed by atoms with Gasteiger partial charge in [0, 0.05) is 48.2 Å². The molecule has 1 amide bonds. The molecule has 1 saturated heterocycles. The number of fused-ring (bicyclic) bond motifs is 1. The van der Waals surface area contributed by atoms with Crippen molar-refractivity contribution in [1.82, 2.24) is 10.2 Å². The van der Waals surface area contributed by atoms with Crippen LogP contribution >= 0.6 is 11.3 Å². The average Bonchev–Trinajstić information content (AvgIpc) is 3.49. The molecule has 1 unspecified atom stereocenters. The molecule has 0 saturated carbocycles. The number of nitrogens with one attached hydrogen (secondary N) is 1. The van der Waals surface area contributed by atoms with E-state index >= 15 is 0 Å². The summed E-state index contributed by atoms with van der Waals surface area (Å²) < 4.78 is 6.60. The molecule has 2 aliphatic heterocycles. The van der Waals surface area contributed by atoms with E-state index in [0.29, 0.717) is 0 Å². The Bertz CT molecular complexity index is 1170. The maximum atomic E-state index is 13.4. The summed E-state index contributed by atoms with van der Waals surface area (Å²) in [7, 11) is 1.98. The minimum absolute atomic E-state index is 0.0499. The number of para-hydroxylation sites is 2. The summed E-state index contributed by atoms with van der Waals surface area (Å²) in [5.74, 6) is 1.21. The lowest BCUT2D eigenvalue weighted by Gasteiger charge is -2.37. The van der Waals surface area contributed by atoms with E-state index in [4.69, 9.17) is 4.74 Å². The highest BCUT2D eigenvalue weighted by molar-refractivity contribution is 7.10. The third kappa shape index (κ3) is 4.95. The zero-order chi connectivity index (χ0) is 25.1. The van der Waals surface area contributed by atoms with E-state index < -0.39 is 5.41 Å². The number of amides is 1. The zero-order valence-electron chi connectivity index (χ0n) is 21.6. The third-order valence-electron chi connectivity index (χ3n) is 7.67. The number of ether oxygens (including phenoxy) is 1. The SMILES string of the molecule is CNCCC(Oc1ccccc1CN1CCC(N2C(=O)C(C)(C)c3ccccc32)CC1)c1cccs1. The molecule has 0 spiro atoms. The Morgan fingerprint density at radius 2 is 1.81 bits per heavy atom. The van der Waals surface area contributed by atoms with Crippen molar-refractivity contribution in [2.75, 3.05) is 31.6 Å². The van der Waals surface area contributed by atoms with Crippen LogP contribution in [0.1, 0.15) is 55.2 Å². The smallest absolute Gasteiger partial charge is 0.237 e. The van der Waals surface area contributed by atoms with Crippen LogP contribution in [0.15, 0.2) is 66.0 Å². The Kier molecular flexibility index (Phi) is 7.47. The first kappa shape index (κ1) is 25.0. The van der Waals surface area contributed by atoms with Gasteiger partial charge in [-0.1, -0.05) is 42.5 Å². The summed E-state index contributed by atoms with van der Waals surface area (Å²) in [5.41, 5.74) is 3.04. The third-order valence-corrected chi connectivity index (χ3v) is 8.63. The van der Waals surface area contributed by atoms with Gasteiger partial charge in [-0.15, -0.1) is 11.3 Å². The number of nitrogens with zero attached hydrogens (tertiary/aromatic N) is 2. The van der Waals surface area contributed by atoms with Gasteiger partial charge in [0.1, 0.15) is 11.9 Å². The van der Waals surface area contributed by atoms with Crippen LogP contribution in [0.5, 0.6) is 5.75 Å². The number of carbonyl (C=O) groups is 1. The maximum Gasteiger partial charge on any atom is 0.237 e. The van der Waals surface area contributed by atoms with E-state index in [9.17, 15) is 4.79 Å². The van der Waals surface area contributed by atoms with Crippen molar-refractivity contribution < 1.29 is 9.53 Å². The molecule has 1 N–H and O–H groups in total. The predicted octanol–water partition coefficient (Wildman–Crippen LogP) is 5.77. The molecule has 0 bridgehead atoms. The van der Waals surface area contributed by atoms with Gasteiger partial charge in [0.15, 0.2) is 0 Å². The molecular formula is C30H37N3O2S. The largest absolute Gasteiger partial charge is 0.485 e. The van der Waals surface area contributed by atoms with Crippen LogP contribution in [0.4, 0.5) is 5.69 Å². The van der Waals surface area contributed by atoms with Gasteiger partial charge in [-0.25, -0.2) is 0 Å². The van der Waals surface area contributed by atoms with E-state index in [2.05, 4.69) is 82.9 Å². The topological polar surface area (TPSA) is 44.8 Å². The maximum absolute atomic E-state index is 13.4. The quantitative estimate of drug-likeness (QED) is 0.403. The highest BCUT2D eigenvalue weighted by Crippen LogP contribution is 2.43. The number of likely N-dealkylation sites (tertiary alicyclic amines) is 1. The van der Waals surface area contributed by atoms with Crippen LogP contribution in [0, 0.1) is 0 Å². The van der Waals surface area contributed by atoms with Crippen LogP contribution in [-0.4, -0.2) is 43.5 Å². The summed E-state index contributed by atoms with van der Waals surface area (Å²) in [5, 5.41) is 5.37. The second kappa shape index (κ2) is 10.8. The number of hydrogen-bond acceptors (Lipinski definition) is 5. The number of anilines is 1. The minimum atomic E-state index is -0.448. The summed E-state index contributed by atoms with van der Waals surface area (Å²) in [4.78, 5) is 19.2. The molecule has 2 aliphatic rings. The van der Waals surface area contributed by atoms with Crippen molar-refractivity contribution in [3.8, 4) is 5.75 Å². The number of benzene rings is 2. The predicted molar refractivity (Wildman–Crippen MR) is 148 cm³/mol. The lowest BCUT2D eigenvalue weighted by Crippen LogP contribution is -2.48. The van der Waals surface area contributed by atoms with Crippen LogP contribution in [-0.2, 0) is 16.8 Å². The second-order valence-electron chi connectivity index (χ2n) is 10.4. The standard InChI is InChI=1S/C30H37N3O2S/c1-30(2)24-10-5-6-11-25(24)33(29(30)34)23-15-18-32(19-16-23)21-22-9-4-7-12-26(22)35-27(14-17-31-3)28-13-8-20-36-28/h4-13,20,23,27,31H,14-19,21H2,1-3H3. The Morgan fingerprint density at radius 1 is 1.06 bits per heavy atom. The molecule has 0 aliphatic carbocycles. The number of carbonyl (C=O) groups excluding carboxylic acids is 1. The summed E-state index contributed by atoms with van der Waals surface area (Å²) >= 11 is 1.75. The first-order valence-electron chi connectivity index (χ1n) is 13.1. The molecular weight excluding hydrogens is 466 g/mol. The summed E-state index contributed by atoms with van der Waals surface area (Å²) in [6.45, 7) is 7.83. The van der Waals surface area contributed by atoms with E-state index in [1.54, 1.807) is 11.3 Å². The minimum Gasteiger partial charge on any atom is -0.485 e. The molecule has 1 fully saturated rings. The molecule has 190 valence electrons. The number of thiophene rings is 1. The Labute approximate surface area is 219 Å². The molecule has 1 atom stereocenters. The molecule has 2 aromatic carbocycles. The van der Waals surface area contributed by atoms with Crippen LogP contribution in [0.2, 0.25) is 0 Å².